The number of nitrogen functional groups attached to an aromatic ring is 2. The summed E-state index contributed by atoms with van der Waals surface area (Å²) in [5.74, 6) is 13.2. The van der Waals surface area contributed by atoms with Gasteiger partial charge < -0.3 is 21.2 Å². The van der Waals surface area contributed by atoms with Crippen LogP contribution in [0.5, 0.6) is 11.5 Å². The van der Waals surface area contributed by atoms with Crippen molar-refractivity contribution in [2.75, 3.05) is 11.7 Å². The quantitative estimate of drug-likeness (QED) is 0.360. The lowest BCUT2D eigenvalue weighted by molar-refractivity contribution is 0.284. The van der Waals surface area contributed by atoms with Crippen LogP contribution in [-0.4, -0.2) is 29.7 Å². The minimum absolute atomic E-state index is 0.103. The molecule has 6 N–H and O–H groups in total. The first kappa shape index (κ1) is 17.3. The summed E-state index contributed by atoms with van der Waals surface area (Å²) in [6, 6.07) is 4.97. The molecule has 132 valence electrons. The van der Waals surface area contributed by atoms with Crippen molar-refractivity contribution in [3.05, 3.63) is 44.4 Å². The van der Waals surface area contributed by atoms with Gasteiger partial charge in [0.2, 0.25) is 9.54 Å². The SMILES string of the molecule is Nn1c(COc2ccc(OCc3n[nH]c(=S)n3N)c(Cl)c2)n[nH]c1=S. The highest BCUT2D eigenvalue weighted by atomic mass is 35.5. The van der Waals surface area contributed by atoms with Gasteiger partial charge in [0.25, 0.3) is 0 Å². The molecule has 25 heavy (non-hydrogen) atoms. The molecule has 0 saturated carbocycles. The number of hydrogen-bond acceptors (Lipinski definition) is 8. The number of aromatic amines is 2. The van der Waals surface area contributed by atoms with Gasteiger partial charge in [-0.15, -0.1) is 0 Å². The number of ether oxygens (including phenoxy) is 2. The van der Waals surface area contributed by atoms with Crippen molar-refractivity contribution in [1.82, 2.24) is 29.7 Å². The average molecular weight is 401 g/mol. The van der Waals surface area contributed by atoms with E-state index in [-0.39, 0.29) is 13.2 Å². The van der Waals surface area contributed by atoms with Crippen molar-refractivity contribution in [3.63, 3.8) is 0 Å². The van der Waals surface area contributed by atoms with E-state index in [9.17, 15) is 0 Å². The minimum Gasteiger partial charge on any atom is -0.485 e. The third kappa shape index (κ3) is 3.75. The lowest BCUT2D eigenvalue weighted by Gasteiger charge is -2.10. The minimum atomic E-state index is 0.103. The van der Waals surface area contributed by atoms with E-state index in [1.54, 1.807) is 18.2 Å². The Bertz CT molecular complexity index is 1010. The van der Waals surface area contributed by atoms with Gasteiger partial charge >= 0.3 is 0 Å². The van der Waals surface area contributed by atoms with E-state index in [1.165, 1.54) is 9.35 Å². The van der Waals surface area contributed by atoms with E-state index >= 15 is 0 Å². The highest BCUT2D eigenvalue weighted by molar-refractivity contribution is 7.71. The Hall–Kier alpha value is -2.57. The first-order valence-corrected chi connectivity index (χ1v) is 8.03. The van der Waals surface area contributed by atoms with Gasteiger partial charge in [0.1, 0.15) is 24.7 Å². The summed E-state index contributed by atoms with van der Waals surface area (Å²) in [6.07, 6.45) is 0. The van der Waals surface area contributed by atoms with Crippen molar-refractivity contribution in [1.29, 1.82) is 0 Å². The van der Waals surface area contributed by atoms with Crippen molar-refractivity contribution < 1.29 is 9.47 Å². The van der Waals surface area contributed by atoms with E-state index < -0.39 is 0 Å². The predicted molar refractivity (Wildman–Crippen MR) is 95.2 cm³/mol. The fourth-order valence-electron chi connectivity index (χ4n) is 1.86. The van der Waals surface area contributed by atoms with Crippen LogP contribution in [0.2, 0.25) is 5.02 Å². The fraction of sp³-hybridized carbons (Fsp3) is 0.167. The molecule has 0 unspecified atom stereocenters. The normalized spacial score (nSPS) is 10.8. The van der Waals surface area contributed by atoms with Gasteiger partial charge in [0.15, 0.2) is 11.6 Å². The van der Waals surface area contributed by atoms with Gasteiger partial charge in [0.05, 0.1) is 5.02 Å². The topological polar surface area (TPSA) is 138 Å². The Morgan fingerprint density at radius 2 is 1.56 bits per heavy atom. The number of aromatic nitrogens is 6. The smallest absolute Gasteiger partial charge is 0.214 e. The Kier molecular flexibility index (Phi) is 4.92. The van der Waals surface area contributed by atoms with Crippen LogP contribution in [0, 0.1) is 9.54 Å². The zero-order valence-electron chi connectivity index (χ0n) is 12.6. The van der Waals surface area contributed by atoms with Crippen molar-refractivity contribution in [2.45, 2.75) is 13.2 Å². The molecule has 0 aliphatic carbocycles. The van der Waals surface area contributed by atoms with Crippen LogP contribution in [0.15, 0.2) is 18.2 Å². The van der Waals surface area contributed by atoms with Crippen molar-refractivity contribution >= 4 is 36.0 Å². The molecule has 0 aliphatic rings. The molecule has 3 rings (SSSR count). The molecular formula is C12H13ClN8O2S2. The van der Waals surface area contributed by atoms with Gasteiger partial charge in [-0.05, 0) is 36.6 Å². The maximum Gasteiger partial charge on any atom is 0.214 e. The van der Waals surface area contributed by atoms with Gasteiger partial charge in [-0.3, -0.25) is 10.2 Å². The zero-order valence-corrected chi connectivity index (χ0v) is 15.0. The predicted octanol–water partition coefficient (Wildman–Crippen LogP) is 1.43. The Labute approximate surface area is 156 Å². The molecule has 2 heterocycles. The lowest BCUT2D eigenvalue weighted by Crippen LogP contribution is -2.15. The van der Waals surface area contributed by atoms with Gasteiger partial charge in [-0.1, -0.05) is 11.6 Å². The van der Waals surface area contributed by atoms with E-state index in [2.05, 4.69) is 20.4 Å². The summed E-state index contributed by atoms with van der Waals surface area (Å²) in [7, 11) is 0. The molecule has 0 aliphatic heterocycles. The number of nitrogens with two attached hydrogens (primary N) is 2. The molecule has 1 aromatic carbocycles. The van der Waals surface area contributed by atoms with Crippen LogP contribution in [-0.2, 0) is 13.2 Å². The van der Waals surface area contributed by atoms with Gasteiger partial charge in [-0.25, -0.2) is 9.35 Å². The van der Waals surface area contributed by atoms with Gasteiger partial charge in [0, 0.05) is 6.07 Å². The maximum atomic E-state index is 6.20. The summed E-state index contributed by atoms with van der Waals surface area (Å²) < 4.78 is 14.2. The molecule has 0 saturated heterocycles. The van der Waals surface area contributed by atoms with Crippen molar-refractivity contribution in [2.24, 2.45) is 0 Å². The van der Waals surface area contributed by atoms with Crippen LogP contribution in [0.4, 0.5) is 0 Å². The lowest BCUT2D eigenvalue weighted by atomic mass is 10.3. The summed E-state index contributed by atoms with van der Waals surface area (Å²) in [5.41, 5.74) is 0. The average Bonchev–Trinajstić information content (AvgIpc) is 3.08. The summed E-state index contributed by atoms with van der Waals surface area (Å²) in [6.45, 7) is 0.230. The second kappa shape index (κ2) is 7.13. The number of nitrogens with one attached hydrogen (secondary N) is 2. The summed E-state index contributed by atoms with van der Waals surface area (Å²) in [5, 5.41) is 13.4. The van der Waals surface area contributed by atoms with Crippen LogP contribution in [0.1, 0.15) is 11.6 Å². The molecule has 0 amide bonds. The molecule has 2 aromatic heterocycles. The third-order valence-corrected chi connectivity index (χ3v) is 4.05. The highest BCUT2D eigenvalue weighted by Gasteiger charge is 2.09. The van der Waals surface area contributed by atoms with E-state index in [0.29, 0.717) is 37.7 Å². The maximum absolute atomic E-state index is 6.20. The number of H-pyrrole nitrogens is 2. The fourth-order valence-corrected chi connectivity index (χ4v) is 2.38. The molecule has 0 spiro atoms. The Morgan fingerprint density at radius 1 is 1.00 bits per heavy atom. The Morgan fingerprint density at radius 3 is 2.04 bits per heavy atom. The third-order valence-electron chi connectivity index (χ3n) is 3.18. The largest absolute Gasteiger partial charge is 0.485 e. The van der Waals surface area contributed by atoms with Crippen LogP contribution in [0.3, 0.4) is 0 Å². The number of benzene rings is 1. The first-order valence-electron chi connectivity index (χ1n) is 6.83. The number of hydrogen-bond donors (Lipinski definition) is 4. The molecule has 0 radical (unpaired) electrons. The molecule has 0 fully saturated rings. The number of halogens is 1. The summed E-state index contributed by atoms with van der Waals surface area (Å²) in [4.78, 5) is 0. The van der Waals surface area contributed by atoms with Crippen LogP contribution < -0.4 is 21.2 Å². The second-order valence-corrected chi connectivity index (χ2v) is 5.98. The van der Waals surface area contributed by atoms with Gasteiger partial charge in [-0.2, -0.15) is 10.2 Å². The Balaban J connectivity index is 1.64. The second-order valence-electron chi connectivity index (χ2n) is 4.80. The van der Waals surface area contributed by atoms with Crippen LogP contribution in [0.25, 0.3) is 0 Å². The molecule has 13 heteroatoms. The molecule has 0 bridgehead atoms. The monoisotopic (exact) mass is 400 g/mol. The molecule has 0 atom stereocenters. The van der Waals surface area contributed by atoms with E-state index in [1.807, 2.05) is 0 Å². The van der Waals surface area contributed by atoms with Crippen LogP contribution >= 0.6 is 36.0 Å². The highest BCUT2D eigenvalue weighted by Crippen LogP contribution is 2.29. The molecular weight excluding hydrogens is 388 g/mol. The number of nitrogens with zero attached hydrogens (tertiary/aromatic N) is 4. The van der Waals surface area contributed by atoms with E-state index in [4.69, 9.17) is 57.2 Å². The van der Waals surface area contributed by atoms with Crippen molar-refractivity contribution in [3.8, 4) is 11.5 Å². The zero-order chi connectivity index (χ0) is 18.0. The van der Waals surface area contributed by atoms with E-state index in [0.717, 1.165) is 0 Å². The molecule has 3 aromatic rings. The standard InChI is InChI=1S/C12H13ClN8O2S2/c13-7-3-6(22-4-9-16-18-11(24)20(9)14)1-2-8(7)23-5-10-17-19-12(25)21(10)15/h1-3H,4-5,14-15H2,(H,18,24)(H,19,25). The first-order chi connectivity index (χ1) is 12.0. The summed E-state index contributed by atoms with van der Waals surface area (Å²) >= 11 is 16.0. The number of rotatable bonds is 6. The molecule has 10 nitrogen and oxygen atoms in total.